The van der Waals surface area contributed by atoms with Gasteiger partial charge < -0.3 is 20.1 Å². The van der Waals surface area contributed by atoms with E-state index in [0.29, 0.717) is 48.0 Å². The van der Waals surface area contributed by atoms with Crippen LogP contribution >= 0.6 is 0 Å². The van der Waals surface area contributed by atoms with E-state index in [1.807, 2.05) is 36.4 Å². The lowest BCUT2D eigenvalue weighted by molar-refractivity contribution is 0.0953. The van der Waals surface area contributed by atoms with Crippen molar-refractivity contribution in [2.45, 2.75) is 19.8 Å². The molecule has 7 nitrogen and oxygen atoms in total. The number of aromatic nitrogens is 1. The van der Waals surface area contributed by atoms with Crippen LogP contribution in [0.1, 0.15) is 34.8 Å². The molecule has 0 aliphatic carbocycles. The number of nitrogens with one attached hydrogen (secondary N) is 2. The monoisotopic (exact) mass is 402 g/mol. The van der Waals surface area contributed by atoms with Crippen LogP contribution in [-0.4, -0.2) is 30.8 Å². The number of ether oxygens (including phenoxy) is 2. The molecule has 30 heavy (non-hydrogen) atoms. The predicted octanol–water partition coefficient (Wildman–Crippen LogP) is 3.63. The molecule has 0 radical (unpaired) electrons. The zero-order chi connectivity index (χ0) is 20.9. The lowest BCUT2D eigenvalue weighted by Crippen LogP contribution is -2.25. The van der Waals surface area contributed by atoms with E-state index in [-0.39, 0.29) is 12.7 Å². The van der Waals surface area contributed by atoms with Crippen molar-refractivity contribution in [3.63, 3.8) is 0 Å². The Bertz CT molecular complexity index is 1120. The van der Waals surface area contributed by atoms with Gasteiger partial charge in [0.2, 0.25) is 6.79 Å². The number of amides is 1. The van der Waals surface area contributed by atoms with Crippen LogP contribution in [0.4, 0.5) is 5.82 Å². The van der Waals surface area contributed by atoms with Crippen molar-refractivity contribution in [2.75, 3.05) is 25.2 Å². The van der Waals surface area contributed by atoms with Gasteiger partial charge in [0.15, 0.2) is 11.5 Å². The van der Waals surface area contributed by atoms with E-state index in [9.17, 15) is 10.1 Å². The summed E-state index contributed by atoms with van der Waals surface area (Å²) in [5.74, 6) is 1.75. The largest absolute Gasteiger partial charge is 0.454 e. The highest BCUT2D eigenvalue weighted by molar-refractivity contribution is 5.94. The number of carbonyl (C=O) groups is 1. The molecule has 7 heteroatoms. The van der Waals surface area contributed by atoms with E-state index in [0.717, 1.165) is 17.3 Å². The molecule has 0 saturated heterocycles. The van der Waals surface area contributed by atoms with Crippen molar-refractivity contribution in [3.8, 4) is 17.6 Å². The second kappa shape index (κ2) is 8.70. The van der Waals surface area contributed by atoms with E-state index in [2.05, 4.69) is 28.6 Å². The number of nitriles is 1. The van der Waals surface area contributed by atoms with Gasteiger partial charge in [-0.2, -0.15) is 5.26 Å². The summed E-state index contributed by atoms with van der Waals surface area (Å²) >= 11 is 0. The summed E-state index contributed by atoms with van der Waals surface area (Å²) < 4.78 is 10.8. The molecule has 1 aliphatic rings. The Morgan fingerprint density at radius 3 is 2.63 bits per heavy atom. The average Bonchev–Trinajstić information content (AvgIpc) is 3.23. The summed E-state index contributed by atoms with van der Waals surface area (Å²) in [6, 6.07) is 15.2. The molecule has 0 bridgehead atoms. The van der Waals surface area contributed by atoms with Gasteiger partial charge in [-0.05, 0) is 42.7 Å². The van der Waals surface area contributed by atoms with Gasteiger partial charge in [0.25, 0.3) is 5.91 Å². The number of benzene rings is 2. The topological polar surface area (TPSA) is 96.3 Å². The van der Waals surface area contributed by atoms with E-state index >= 15 is 0 Å². The van der Waals surface area contributed by atoms with Gasteiger partial charge in [-0.25, -0.2) is 4.98 Å². The maximum Gasteiger partial charge on any atom is 0.251 e. The number of carbonyl (C=O) groups excluding carboxylic acids is 1. The van der Waals surface area contributed by atoms with Gasteiger partial charge in [0, 0.05) is 30.1 Å². The molecule has 0 saturated carbocycles. The standard InChI is InChI=1S/C23H22N4O3/c1-2-15-4-6-16(7-5-15)23(28)26-9-3-8-25-22-18(13-24)10-17-11-20-21(30-14-29-20)12-19(17)27-22/h4-7,10-12H,2-3,8-9,14H2,1H3,(H,25,27)(H,26,28). The normalized spacial score (nSPS) is 11.9. The molecule has 1 amide bonds. The molecule has 2 N–H and O–H groups in total. The minimum Gasteiger partial charge on any atom is -0.454 e. The Morgan fingerprint density at radius 2 is 1.90 bits per heavy atom. The fourth-order valence-corrected chi connectivity index (χ4v) is 3.27. The van der Waals surface area contributed by atoms with Crippen molar-refractivity contribution in [2.24, 2.45) is 0 Å². The first kappa shape index (κ1) is 19.5. The fourth-order valence-electron chi connectivity index (χ4n) is 3.27. The summed E-state index contributed by atoms with van der Waals surface area (Å²) in [6.07, 6.45) is 1.65. The lowest BCUT2D eigenvalue weighted by atomic mass is 10.1. The third kappa shape index (κ3) is 4.13. The number of rotatable bonds is 7. The molecular formula is C23H22N4O3. The number of hydrogen-bond donors (Lipinski definition) is 2. The van der Waals surface area contributed by atoms with Gasteiger partial charge in [-0.3, -0.25) is 4.79 Å². The van der Waals surface area contributed by atoms with Crippen LogP contribution in [0.3, 0.4) is 0 Å². The molecule has 3 aromatic rings. The van der Waals surface area contributed by atoms with Gasteiger partial charge >= 0.3 is 0 Å². The first-order chi connectivity index (χ1) is 14.7. The maximum absolute atomic E-state index is 12.2. The van der Waals surface area contributed by atoms with Crippen molar-refractivity contribution in [1.29, 1.82) is 5.26 Å². The van der Waals surface area contributed by atoms with Crippen molar-refractivity contribution in [1.82, 2.24) is 10.3 Å². The Balaban J connectivity index is 1.33. The number of nitrogens with zero attached hydrogens (tertiary/aromatic N) is 2. The van der Waals surface area contributed by atoms with Gasteiger partial charge in [-0.1, -0.05) is 19.1 Å². The molecule has 1 aromatic heterocycles. The third-order valence-corrected chi connectivity index (χ3v) is 4.99. The predicted molar refractivity (Wildman–Crippen MR) is 114 cm³/mol. The van der Waals surface area contributed by atoms with Crippen LogP contribution in [0.15, 0.2) is 42.5 Å². The molecule has 1 aliphatic heterocycles. The van der Waals surface area contributed by atoms with Gasteiger partial charge in [0.1, 0.15) is 11.9 Å². The lowest BCUT2D eigenvalue weighted by Gasteiger charge is -2.10. The highest BCUT2D eigenvalue weighted by Crippen LogP contribution is 2.36. The zero-order valence-electron chi connectivity index (χ0n) is 16.7. The minimum atomic E-state index is -0.0877. The van der Waals surface area contributed by atoms with Crippen molar-refractivity contribution in [3.05, 3.63) is 59.2 Å². The number of aryl methyl sites for hydroxylation is 1. The van der Waals surface area contributed by atoms with E-state index in [4.69, 9.17) is 9.47 Å². The van der Waals surface area contributed by atoms with Gasteiger partial charge in [0.05, 0.1) is 11.1 Å². The van der Waals surface area contributed by atoms with E-state index in [1.54, 1.807) is 6.07 Å². The molecule has 2 aromatic carbocycles. The third-order valence-electron chi connectivity index (χ3n) is 4.99. The molecule has 0 atom stereocenters. The fraction of sp³-hybridized carbons (Fsp3) is 0.261. The average molecular weight is 402 g/mol. The Hall–Kier alpha value is -3.79. The second-order valence-corrected chi connectivity index (χ2v) is 6.98. The van der Waals surface area contributed by atoms with E-state index in [1.165, 1.54) is 5.56 Å². The molecular weight excluding hydrogens is 380 g/mol. The molecule has 0 fully saturated rings. The molecule has 152 valence electrons. The number of fused-ring (bicyclic) bond motifs is 2. The number of hydrogen-bond acceptors (Lipinski definition) is 6. The smallest absolute Gasteiger partial charge is 0.251 e. The molecule has 2 heterocycles. The van der Waals surface area contributed by atoms with Crippen molar-refractivity contribution >= 4 is 22.6 Å². The van der Waals surface area contributed by atoms with Crippen LogP contribution < -0.4 is 20.1 Å². The first-order valence-electron chi connectivity index (χ1n) is 9.93. The van der Waals surface area contributed by atoms with Crippen LogP contribution in [0.5, 0.6) is 11.5 Å². The highest BCUT2D eigenvalue weighted by Gasteiger charge is 2.16. The van der Waals surface area contributed by atoms with Crippen LogP contribution in [0.2, 0.25) is 0 Å². The number of pyridine rings is 1. The minimum absolute atomic E-state index is 0.0877. The number of anilines is 1. The van der Waals surface area contributed by atoms with Crippen LogP contribution in [-0.2, 0) is 6.42 Å². The molecule has 0 unspecified atom stereocenters. The SMILES string of the molecule is CCc1ccc(C(=O)NCCCNc2nc3cc4c(cc3cc2C#N)OCO4)cc1. The van der Waals surface area contributed by atoms with Gasteiger partial charge in [-0.15, -0.1) is 0 Å². The quantitative estimate of drug-likeness (QED) is 0.586. The first-order valence-corrected chi connectivity index (χ1v) is 9.93. The Kier molecular flexibility index (Phi) is 5.66. The van der Waals surface area contributed by atoms with Crippen LogP contribution in [0.25, 0.3) is 10.9 Å². The maximum atomic E-state index is 12.2. The summed E-state index contributed by atoms with van der Waals surface area (Å²) in [4.78, 5) is 16.8. The highest BCUT2D eigenvalue weighted by atomic mass is 16.7. The van der Waals surface area contributed by atoms with Crippen LogP contribution in [0, 0.1) is 11.3 Å². The Morgan fingerprint density at radius 1 is 1.13 bits per heavy atom. The molecule has 0 spiro atoms. The molecule has 4 rings (SSSR count). The Labute approximate surface area is 174 Å². The van der Waals surface area contributed by atoms with Crippen molar-refractivity contribution < 1.29 is 14.3 Å². The van der Waals surface area contributed by atoms with E-state index < -0.39 is 0 Å². The zero-order valence-corrected chi connectivity index (χ0v) is 16.7. The summed E-state index contributed by atoms with van der Waals surface area (Å²) in [5, 5.41) is 16.4. The summed E-state index contributed by atoms with van der Waals surface area (Å²) in [7, 11) is 0. The summed E-state index contributed by atoms with van der Waals surface area (Å²) in [6.45, 7) is 3.37. The second-order valence-electron chi connectivity index (χ2n) is 6.98. The summed E-state index contributed by atoms with van der Waals surface area (Å²) in [5.41, 5.74) is 3.05.